The third-order valence-corrected chi connectivity index (χ3v) is 6.37. The zero-order chi connectivity index (χ0) is 23.1. The Balaban J connectivity index is 1.29. The Morgan fingerprint density at radius 1 is 1.03 bits per heavy atom. The zero-order valence-corrected chi connectivity index (χ0v) is 18.2. The van der Waals surface area contributed by atoms with Gasteiger partial charge in [0.25, 0.3) is 11.8 Å². The van der Waals surface area contributed by atoms with Crippen molar-refractivity contribution in [1.29, 1.82) is 0 Å². The Hall–Kier alpha value is -4.53. The van der Waals surface area contributed by atoms with Crippen molar-refractivity contribution in [2.45, 2.75) is 19.0 Å². The van der Waals surface area contributed by atoms with Gasteiger partial charge < -0.3 is 10.2 Å². The molecule has 0 saturated heterocycles. The van der Waals surface area contributed by atoms with E-state index in [1.165, 1.54) is 5.56 Å². The summed E-state index contributed by atoms with van der Waals surface area (Å²) >= 11 is 0. The summed E-state index contributed by atoms with van der Waals surface area (Å²) in [7, 11) is 0. The number of hydrogen-bond donors (Lipinski definition) is 2. The van der Waals surface area contributed by atoms with Crippen LogP contribution in [0, 0.1) is 0 Å². The van der Waals surface area contributed by atoms with Gasteiger partial charge in [-0.05, 0) is 41.8 Å². The number of hydrogen-bond acceptors (Lipinski definition) is 5. The van der Waals surface area contributed by atoms with Crippen LogP contribution in [0.4, 0.5) is 0 Å². The molecule has 0 bridgehead atoms. The van der Waals surface area contributed by atoms with E-state index in [0.717, 1.165) is 16.5 Å². The van der Waals surface area contributed by atoms with Crippen LogP contribution in [0.25, 0.3) is 16.4 Å². The van der Waals surface area contributed by atoms with Gasteiger partial charge in [0, 0.05) is 24.7 Å². The highest BCUT2D eigenvalue weighted by molar-refractivity contribution is 6.06. The molecule has 1 unspecified atom stereocenters. The lowest BCUT2D eigenvalue weighted by Gasteiger charge is -2.36. The fourth-order valence-electron chi connectivity index (χ4n) is 4.61. The summed E-state index contributed by atoms with van der Waals surface area (Å²) in [6, 6.07) is 18.8. The first-order valence-corrected chi connectivity index (χ1v) is 11.1. The van der Waals surface area contributed by atoms with Crippen LogP contribution < -0.4 is 5.32 Å². The van der Waals surface area contributed by atoms with Crippen LogP contribution in [0.5, 0.6) is 0 Å². The van der Waals surface area contributed by atoms with Crippen molar-refractivity contribution in [1.82, 2.24) is 35.2 Å². The van der Waals surface area contributed by atoms with E-state index in [0.29, 0.717) is 36.3 Å². The van der Waals surface area contributed by atoms with Gasteiger partial charge in [0.2, 0.25) is 0 Å². The van der Waals surface area contributed by atoms with Crippen LogP contribution in [-0.4, -0.2) is 54.3 Å². The molecule has 9 nitrogen and oxygen atoms in total. The van der Waals surface area contributed by atoms with Crippen molar-refractivity contribution in [2.75, 3.05) is 6.54 Å². The molecule has 0 radical (unpaired) electrons. The van der Waals surface area contributed by atoms with Crippen LogP contribution in [0.3, 0.4) is 0 Å². The largest absolute Gasteiger partial charge is 0.350 e. The number of pyridine rings is 1. The van der Waals surface area contributed by atoms with E-state index in [9.17, 15) is 9.59 Å². The van der Waals surface area contributed by atoms with Gasteiger partial charge in [-0.1, -0.05) is 41.6 Å². The van der Waals surface area contributed by atoms with E-state index in [1.54, 1.807) is 27.9 Å². The Bertz CT molecular complexity index is 1540. The van der Waals surface area contributed by atoms with Crippen molar-refractivity contribution in [3.63, 3.8) is 0 Å². The number of rotatable bonds is 4. The molecule has 0 spiro atoms. The van der Waals surface area contributed by atoms with Crippen molar-refractivity contribution in [2.24, 2.45) is 0 Å². The number of aromatic nitrogens is 5. The number of benzene rings is 2. The van der Waals surface area contributed by atoms with Gasteiger partial charge in [-0.25, -0.2) is 4.52 Å². The molecule has 1 aliphatic heterocycles. The fourth-order valence-corrected chi connectivity index (χ4v) is 4.61. The summed E-state index contributed by atoms with van der Waals surface area (Å²) in [4.78, 5) is 28.5. The fraction of sp³-hybridized carbons (Fsp3) is 0.160. The molecule has 5 aromatic rings. The molecule has 1 aliphatic rings. The molecule has 4 heterocycles. The van der Waals surface area contributed by atoms with Crippen molar-refractivity contribution in [3.05, 3.63) is 95.4 Å². The molecule has 34 heavy (non-hydrogen) atoms. The van der Waals surface area contributed by atoms with Crippen LogP contribution in [0.15, 0.2) is 73.1 Å². The van der Waals surface area contributed by atoms with Gasteiger partial charge in [-0.15, -0.1) is 5.10 Å². The summed E-state index contributed by atoms with van der Waals surface area (Å²) < 4.78 is 1.59. The monoisotopic (exact) mass is 451 g/mol. The number of carbonyl (C=O) groups excluding carboxylic acids is 2. The lowest BCUT2D eigenvalue weighted by atomic mass is 9.93. The minimum atomic E-state index is -0.227. The van der Waals surface area contributed by atoms with Crippen molar-refractivity contribution in [3.8, 4) is 0 Å². The molecule has 1 atom stereocenters. The highest BCUT2D eigenvalue weighted by Crippen LogP contribution is 2.25. The van der Waals surface area contributed by atoms with Gasteiger partial charge in [0.15, 0.2) is 5.69 Å². The molecular formula is C25H21N7O2. The second kappa shape index (κ2) is 8.11. The smallest absolute Gasteiger partial charge is 0.277 e. The topological polar surface area (TPSA) is 108 Å². The van der Waals surface area contributed by atoms with Crippen LogP contribution >= 0.6 is 0 Å². The van der Waals surface area contributed by atoms with Gasteiger partial charge in [-0.3, -0.25) is 14.7 Å². The van der Waals surface area contributed by atoms with E-state index in [1.807, 2.05) is 48.5 Å². The minimum absolute atomic E-state index is 0.202. The second-order valence-corrected chi connectivity index (χ2v) is 8.38. The quantitative estimate of drug-likeness (QED) is 0.437. The molecule has 0 aliphatic carbocycles. The maximum absolute atomic E-state index is 13.6. The van der Waals surface area contributed by atoms with Crippen molar-refractivity contribution < 1.29 is 9.59 Å². The summed E-state index contributed by atoms with van der Waals surface area (Å²) in [6.45, 7) is 0.755. The van der Waals surface area contributed by atoms with E-state index >= 15 is 0 Å². The highest BCUT2D eigenvalue weighted by Gasteiger charge is 2.32. The summed E-state index contributed by atoms with van der Waals surface area (Å²) in [5.41, 5.74) is 4.58. The normalized spacial score (nSPS) is 15.4. The maximum Gasteiger partial charge on any atom is 0.277 e. The molecule has 9 heteroatoms. The molecule has 2 aromatic carbocycles. The van der Waals surface area contributed by atoms with Crippen LogP contribution in [-0.2, 0) is 13.0 Å². The summed E-state index contributed by atoms with van der Waals surface area (Å²) in [6.07, 6.45) is 4.05. The third-order valence-electron chi connectivity index (χ3n) is 6.37. The van der Waals surface area contributed by atoms with E-state index in [-0.39, 0.29) is 17.9 Å². The zero-order valence-electron chi connectivity index (χ0n) is 18.2. The molecule has 168 valence electrons. The number of carbonyl (C=O) groups is 2. The summed E-state index contributed by atoms with van der Waals surface area (Å²) in [5.74, 6) is -0.403. The molecule has 6 rings (SSSR count). The molecule has 0 fully saturated rings. The Morgan fingerprint density at radius 3 is 2.79 bits per heavy atom. The SMILES string of the molecule is O=C(NCC1Cc2ccccc2CN1C(=O)c1nnn2ccccc12)c1cccc2[nH]ncc12. The number of aromatic amines is 1. The second-order valence-electron chi connectivity index (χ2n) is 8.38. The standard InChI is InChI=1S/C25H21N7O2/c33-24(19-8-5-9-21-20(19)14-27-28-21)26-13-18-12-16-6-1-2-7-17(16)15-31(18)25(34)23-22-10-3-4-11-32(22)30-29-23/h1-11,14,18H,12-13,15H2,(H,26,33)(H,27,28). The first kappa shape index (κ1) is 20.1. The maximum atomic E-state index is 13.6. The number of fused-ring (bicyclic) bond motifs is 3. The van der Waals surface area contributed by atoms with Gasteiger partial charge in [-0.2, -0.15) is 5.10 Å². The first-order valence-electron chi connectivity index (χ1n) is 11.1. The van der Waals surface area contributed by atoms with Crippen molar-refractivity contribution >= 4 is 28.2 Å². The van der Waals surface area contributed by atoms with Crippen LogP contribution in [0.2, 0.25) is 0 Å². The lowest BCUT2D eigenvalue weighted by molar-refractivity contribution is 0.0624. The molecular weight excluding hydrogens is 430 g/mol. The van der Waals surface area contributed by atoms with E-state index in [4.69, 9.17) is 0 Å². The predicted molar refractivity (Wildman–Crippen MR) is 125 cm³/mol. The molecule has 2 N–H and O–H groups in total. The van der Waals surface area contributed by atoms with Crippen LogP contribution in [0.1, 0.15) is 32.0 Å². The molecule has 0 saturated carbocycles. The Morgan fingerprint density at radius 2 is 1.88 bits per heavy atom. The predicted octanol–water partition coefficient (Wildman–Crippen LogP) is 2.60. The minimum Gasteiger partial charge on any atom is -0.350 e. The summed E-state index contributed by atoms with van der Waals surface area (Å²) in [5, 5.41) is 19.0. The third kappa shape index (κ3) is 3.38. The average Bonchev–Trinajstić information content (AvgIpc) is 3.53. The van der Waals surface area contributed by atoms with Gasteiger partial charge in [0.05, 0.1) is 28.8 Å². The average molecular weight is 451 g/mol. The highest BCUT2D eigenvalue weighted by atomic mass is 16.2. The van der Waals surface area contributed by atoms with E-state index in [2.05, 4.69) is 31.9 Å². The van der Waals surface area contributed by atoms with Gasteiger partial charge >= 0.3 is 0 Å². The number of nitrogens with one attached hydrogen (secondary N) is 2. The molecule has 2 amide bonds. The van der Waals surface area contributed by atoms with E-state index < -0.39 is 0 Å². The van der Waals surface area contributed by atoms with Gasteiger partial charge in [0.1, 0.15) is 0 Å². The Labute approximate surface area is 194 Å². The number of amides is 2. The number of nitrogens with zero attached hydrogens (tertiary/aromatic N) is 5. The first-order chi connectivity index (χ1) is 16.7. The molecule has 3 aromatic heterocycles. The Kier molecular flexibility index (Phi) is 4.80. The number of H-pyrrole nitrogens is 1. The lowest BCUT2D eigenvalue weighted by Crippen LogP contribution is -2.50.